The van der Waals surface area contributed by atoms with E-state index in [2.05, 4.69) is 76.9 Å². The van der Waals surface area contributed by atoms with Crippen molar-refractivity contribution in [1.29, 1.82) is 0 Å². The number of carbonyl (C=O) groups excluding carboxylic acids is 1. The maximum Gasteiger partial charge on any atom is 0.224 e. The molecule has 0 saturated carbocycles. The van der Waals surface area contributed by atoms with Crippen molar-refractivity contribution in [1.82, 2.24) is 0 Å². The Morgan fingerprint density at radius 3 is 2.71 bits per heavy atom. The average molecular weight is 455 g/mol. The van der Waals surface area contributed by atoms with Crippen LogP contribution in [0.4, 0.5) is 11.4 Å². The molecule has 1 aliphatic heterocycles. The van der Waals surface area contributed by atoms with Gasteiger partial charge in [0, 0.05) is 30.9 Å². The second kappa shape index (κ2) is 10.3. The number of carbonyl (C=O) groups is 1. The molecule has 1 N–H and O–H groups in total. The normalized spacial score (nSPS) is 16.9. The number of nitrogens with zero attached hydrogens (tertiary/aromatic N) is 1. The maximum absolute atomic E-state index is 11.8. The van der Waals surface area contributed by atoms with Crippen LogP contribution < -0.4 is 15.0 Å². The number of hydrogen-bond acceptors (Lipinski definition) is 3. The number of anilines is 2. The van der Waals surface area contributed by atoms with Crippen LogP contribution in [0.1, 0.15) is 53.9 Å². The lowest BCUT2D eigenvalue weighted by Gasteiger charge is -2.31. The van der Waals surface area contributed by atoms with Gasteiger partial charge in [0.15, 0.2) is 0 Å². The first-order chi connectivity index (χ1) is 16.7. The largest absolute Gasteiger partial charge is 0.496 e. The molecule has 3 aromatic carbocycles. The first-order valence-electron chi connectivity index (χ1n) is 12.6. The lowest BCUT2D eigenvalue weighted by Crippen LogP contribution is -2.29. The molecule has 4 nitrogen and oxygen atoms in total. The molecule has 0 spiro atoms. The number of amides is 1. The number of para-hydroxylation sites is 1. The molecule has 3 aromatic rings. The van der Waals surface area contributed by atoms with E-state index in [4.69, 9.17) is 4.74 Å². The van der Waals surface area contributed by atoms with Crippen molar-refractivity contribution in [3.63, 3.8) is 0 Å². The molecule has 34 heavy (non-hydrogen) atoms. The van der Waals surface area contributed by atoms with Crippen LogP contribution in [0.15, 0.2) is 66.7 Å². The molecule has 5 rings (SSSR count). The van der Waals surface area contributed by atoms with E-state index in [1.807, 2.05) is 0 Å². The van der Waals surface area contributed by atoms with Crippen LogP contribution in [-0.2, 0) is 24.1 Å². The summed E-state index contributed by atoms with van der Waals surface area (Å²) in [5.74, 6) is 1.74. The summed E-state index contributed by atoms with van der Waals surface area (Å²) in [6.45, 7) is 1.97. The highest BCUT2D eigenvalue weighted by Gasteiger charge is 2.23. The fourth-order valence-corrected chi connectivity index (χ4v) is 5.56. The molecule has 0 bridgehead atoms. The Labute approximate surface area is 202 Å². The zero-order valence-electron chi connectivity index (χ0n) is 20.1. The Bertz CT molecular complexity index is 1140. The Kier molecular flexibility index (Phi) is 6.84. The van der Waals surface area contributed by atoms with Gasteiger partial charge in [0.2, 0.25) is 5.91 Å². The number of benzene rings is 3. The molecule has 0 radical (unpaired) electrons. The second-order valence-corrected chi connectivity index (χ2v) is 9.52. The monoisotopic (exact) mass is 454 g/mol. The summed E-state index contributed by atoms with van der Waals surface area (Å²) in [5.41, 5.74) is 7.67. The number of nitrogens with one attached hydrogen (secondary N) is 1. The summed E-state index contributed by atoms with van der Waals surface area (Å²) in [4.78, 5) is 14.3. The lowest BCUT2D eigenvalue weighted by molar-refractivity contribution is -0.116. The van der Waals surface area contributed by atoms with Gasteiger partial charge in [-0.2, -0.15) is 0 Å². The Hall–Kier alpha value is -3.27. The van der Waals surface area contributed by atoms with Crippen molar-refractivity contribution in [3.8, 4) is 5.75 Å². The zero-order chi connectivity index (χ0) is 23.3. The van der Waals surface area contributed by atoms with Crippen molar-refractivity contribution in [2.75, 3.05) is 30.4 Å². The summed E-state index contributed by atoms with van der Waals surface area (Å²) in [6.07, 6.45) is 7.10. The summed E-state index contributed by atoms with van der Waals surface area (Å²) in [6, 6.07) is 23.9. The van der Waals surface area contributed by atoms with Crippen LogP contribution in [0.2, 0.25) is 0 Å². The fourth-order valence-electron chi connectivity index (χ4n) is 5.56. The van der Waals surface area contributed by atoms with E-state index in [-0.39, 0.29) is 5.91 Å². The molecular formula is C30H34N2O2. The summed E-state index contributed by atoms with van der Waals surface area (Å²) in [5, 5.41) is 3.04. The van der Waals surface area contributed by atoms with Crippen LogP contribution in [0, 0.1) is 0 Å². The molecule has 1 atom stereocenters. The molecule has 1 aliphatic carbocycles. The van der Waals surface area contributed by atoms with Gasteiger partial charge in [-0.25, -0.2) is 0 Å². The molecule has 0 saturated heterocycles. The van der Waals surface area contributed by atoms with Gasteiger partial charge in [-0.1, -0.05) is 42.5 Å². The van der Waals surface area contributed by atoms with E-state index in [1.54, 1.807) is 7.11 Å². The van der Waals surface area contributed by atoms with Crippen molar-refractivity contribution < 1.29 is 9.53 Å². The van der Waals surface area contributed by atoms with Crippen LogP contribution in [0.25, 0.3) is 0 Å². The molecule has 1 unspecified atom stereocenters. The van der Waals surface area contributed by atoms with Crippen LogP contribution in [0.3, 0.4) is 0 Å². The van der Waals surface area contributed by atoms with E-state index in [0.29, 0.717) is 12.3 Å². The molecule has 0 fully saturated rings. The van der Waals surface area contributed by atoms with Gasteiger partial charge in [0.25, 0.3) is 0 Å². The highest BCUT2D eigenvalue weighted by atomic mass is 16.5. The van der Waals surface area contributed by atoms with Gasteiger partial charge in [-0.15, -0.1) is 0 Å². The van der Waals surface area contributed by atoms with E-state index < -0.39 is 0 Å². The van der Waals surface area contributed by atoms with Gasteiger partial charge in [0.05, 0.1) is 7.11 Å². The predicted molar refractivity (Wildman–Crippen MR) is 139 cm³/mol. The first-order valence-corrected chi connectivity index (χ1v) is 12.6. The van der Waals surface area contributed by atoms with E-state index in [1.165, 1.54) is 40.8 Å². The molecule has 176 valence electrons. The Morgan fingerprint density at radius 1 is 0.971 bits per heavy atom. The van der Waals surface area contributed by atoms with Crippen molar-refractivity contribution >= 4 is 17.3 Å². The highest BCUT2D eigenvalue weighted by Crippen LogP contribution is 2.38. The van der Waals surface area contributed by atoms with Gasteiger partial charge in [-0.3, -0.25) is 4.79 Å². The zero-order valence-corrected chi connectivity index (χ0v) is 20.1. The molecule has 1 heterocycles. The minimum Gasteiger partial charge on any atom is -0.496 e. The van der Waals surface area contributed by atoms with Gasteiger partial charge in [-0.05, 0) is 91.0 Å². The van der Waals surface area contributed by atoms with Crippen molar-refractivity contribution in [2.24, 2.45) is 0 Å². The number of ether oxygens (including phenoxy) is 1. The minimum atomic E-state index is 0.125. The maximum atomic E-state index is 11.8. The molecule has 1 amide bonds. The molecule has 0 aromatic heterocycles. The smallest absolute Gasteiger partial charge is 0.224 e. The Balaban J connectivity index is 1.30. The molecule has 2 aliphatic rings. The fraction of sp³-hybridized carbons (Fsp3) is 0.367. The van der Waals surface area contributed by atoms with Crippen LogP contribution in [-0.4, -0.2) is 26.1 Å². The number of fused-ring (bicyclic) bond motifs is 2. The number of rotatable bonds is 8. The highest BCUT2D eigenvalue weighted by molar-refractivity contribution is 5.94. The summed E-state index contributed by atoms with van der Waals surface area (Å²) >= 11 is 0. The number of hydrogen-bond donors (Lipinski definition) is 1. The van der Waals surface area contributed by atoms with Crippen LogP contribution in [0.5, 0.6) is 5.75 Å². The standard InChI is InChI=1S/C30H34N2O2/c1-34-29-12-6-10-26-23(7-5-11-27(26)29)18-20-32(25-8-3-2-4-9-25)19-17-22-13-14-24-15-16-30(33)31-28(24)21-22/h2-4,6,8-10,12-14,21,23H,5,7,11,15-20H2,1H3,(H,31,33). The van der Waals surface area contributed by atoms with Crippen molar-refractivity contribution in [2.45, 2.75) is 50.9 Å². The van der Waals surface area contributed by atoms with Gasteiger partial charge in [0.1, 0.15) is 5.75 Å². The third-order valence-electron chi connectivity index (χ3n) is 7.42. The number of methoxy groups -OCH3 is 1. The van der Waals surface area contributed by atoms with Crippen LogP contribution >= 0.6 is 0 Å². The topological polar surface area (TPSA) is 41.6 Å². The third-order valence-corrected chi connectivity index (χ3v) is 7.42. The first kappa shape index (κ1) is 22.5. The average Bonchev–Trinajstić information content (AvgIpc) is 2.88. The molecule has 4 heteroatoms. The molecular weight excluding hydrogens is 420 g/mol. The predicted octanol–water partition coefficient (Wildman–Crippen LogP) is 6.14. The number of aryl methyl sites for hydroxylation is 1. The Morgan fingerprint density at radius 2 is 1.85 bits per heavy atom. The van der Waals surface area contributed by atoms with Gasteiger partial charge >= 0.3 is 0 Å². The second-order valence-electron chi connectivity index (χ2n) is 9.52. The van der Waals surface area contributed by atoms with Gasteiger partial charge < -0.3 is 15.0 Å². The van der Waals surface area contributed by atoms with E-state index in [9.17, 15) is 4.79 Å². The summed E-state index contributed by atoms with van der Waals surface area (Å²) < 4.78 is 5.65. The quantitative estimate of drug-likeness (QED) is 0.445. The third kappa shape index (κ3) is 4.96. The van der Waals surface area contributed by atoms with Crippen molar-refractivity contribution in [3.05, 3.63) is 89.0 Å². The lowest BCUT2D eigenvalue weighted by atomic mass is 9.80. The van der Waals surface area contributed by atoms with E-state index in [0.717, 1.165) is 50.2 Å². The summed E-state index contributed by atoms with van der Waals surface area (Å²) in [7, 11) is 1.78. The SMILES string of the molecule is COc1cccc2c1CCCC2CCN(CCc1ccc2c(c1)NC(=O)CC2)c1ccccc1. The minimum absolute atomic E-state index is 0.125. The van der Waals surface area contributed by atoms with E-state index >= 15 is 0 Å².